The van der Waals surface area contributed by atoms with Crippen molar-refractivity contribution in [3.63, 3.8) is 0 Å². The molecular formula is C26H41N5O3. The normalized spacial score (nSPS) is 17.9. The molecule has 1 aromatic carbocycles. The van der Waals surface area contributed by atoms with E-state index in [9.17, 15) is 0 Å². The molecule has 0 radical (unpaired) electrons. The van der Waals surface area contributed by atoms with E-state index in [4.69, 9.17) is 19.9 Å². The van der Waals surface area contributed by atoms with Crippen LogP contribution < -0.4 is 30.6 Å². The molecule has 0 atom stereocenters. The van der Waals surface area contributed by atoms with Crippen LogP contribution in [0.1, 0.15) is 63.3 Å². The van der Waals surface area contributed by atoms with Gasteiger partial charge in [0.15, 0.2) is 11.5 Å². The van der Waals surface area contributed by atoms with Gasteiger partial charge in [-0.05, 0) is 78.8 Å². The van der Waals surface area contributed by atoms with Crippen molar-refractivity contribution in [2.75, 3.05) is 37.4 Å². The quantitative estimate of drug-likeness (QED) is 0.412. The molecule has 0 aliphatic heterocycles. The predicted octanol–water partition coefficient (Wildman–Crippen LogP) is 4.63. The highest BCUT2D eigenvalue weighted by molar-refractivity contribution is 5.51. The van der Waals surface area contributed by atoms with Gasteiger partial charge in [-0.15, -0.1) is 0 Å². The number of benzene rings is 1. The van der Waals surface area contributed by atoms with Gasteiger partial charge in [-0.3, -0.25) is 0 Å². The summed E-state index contributed by atoms with van der Waals surface area (Å²) in [6, 6.07) is 4.39. The number of rotatable bonds is 12. The Balaban J connectivity index is 1.51. The minimum atomic E-state index is 0.391. The molecule has 1 aliphatic rings. The Bertz CT molecular complexity index is 906. The Labute approximate surface area is 204 Å². The van der Waals surface area contributed by atoms with Crippen molar-refractivity contribution in [1.29, 1.82) is 0 Å². The fourth-order valence-electron chi connectivity index (χ4n) is 4.37. The maximum Gasteiger partial charge on any atom is 0.225 e. The molecule has 1 aliphatic carbocycles. The molecule has 2 aromatic rings. The van der Waals surface area contributed by atoms with Crippen LogP contribution >= 0.6 is 0 Å². The number of nitrogen functional groups attached to an aromatic ring is 1. The molecule has 0 spiro atoms. The summed E-state index contributed by atoms with van der Waals surface area (Å²) >= 11 is 0. The lowest BCUT2D eigenvalue weighted by atomic mass is 9.86. The van der Waals surface area contributed by atoms with Gasteiger partial charge in [0.05, 0.1) is 19.8 Å². The van der Waals surface area contributed by atoms with Gasteiger partial charge in [-0.25, -0.2) is 4.98 Å². The van der Waals surface area contributed by atoms with Crippen molar-refractivity contribution in [3.8, 4) is 17.2 Å². The molecule has 0 unspecified atom stereocenters. The minimum Gasteiger partial charge on any atom is -0.493 e. The van der Waals surface area contributed by atoms with Crippen LogP contribution in [0.2, 0.25) is 0 Å². The van der Waals surface area contributed by atoms with Gasteiger partial charge in [0.1, 0.15) is 11.6 Å². The molecule has 0 saturated heterocycles. The van der Waals surface area contributed by atoms with Crippen molar-refractivity contribution in [1.82, 2.24) is 15.3 Å². The molecule has 3 rings (SSSR count). The highest BCUT2D eigenvalue weighted by atomic mass is 16.5. The average Bonchev–Trinajstić information content (AvgIpc) is 2.81. The summed E-state index contributed by atoms with van der Waals surface area (Å²) < 4.78 is 17.5. The maximum atomic E-state index is 6.01. The first-order valence-corrected chi connectivity index (χ1v) is 12.6. The number of aryl methyl sites for hydroxylation is 1. The number of hydrogen-bond donors (Lipinski definition) is 3. The van der Waals surface area contributed by atoms with Crippen LogP contribution in [0.5, 0.6) is 17.2 Å². The smallest absolute Gasteiger partial charge is 0.225 e. The molecule has 0 bridgehead atoms. The Morgan fingerprint density at radius 3 is 2.12 bits per heavy atom. The Morgan fingerprint density at radius 2 is 1.50 bits per heavy atom. The first-order valence-electron chi connectivity index (χ1n) is 12.6. The highest BCUT2D eigenvalue weighted by Gasteiger charge is 2.22. The van der Waals surface area contributed by atoms with E-state index in [0.29, 0.717) is 43.5 Å². The van der Waals surface area contributed by atoms with E-state index >= 15 is 0 Å². The first kappa shape index (κ1) is 25.9. The third-order valence-corrected chi connectivity index (χ3v) is 6.38. The van der Waals surface area contributed by atoms with Crippen LogP contribution in [0.15, 0.2) is 12.1 Å². The molecule has 1 aromatic heterocycles. The Hall–Kier alpha value is -2.74. The van der Waals surface area contributed by atoms with Gasteiger partial charge in [0.2, 0.25) is 5.95 Å². The summed E-state index contributed by atoms with van der Waals surface area (Å²) in [5.41, 5.74) is 8.98. The zero-order valence-corrected chi connectivity index (χ0v) is 21.4. The monoisotopic (exact) mass is 471 g/mol. The topological polar surface area (TPSA) is 104 Å². The van der Waals surface area contributed by atoms with Crippen molar-refractivity contribution in [3.05, 3.63) is 29.0 Å². The maximum absolute atomic E-state index is 6.01. The van der Waals surface area contributed by atoms with Crippen molar-refractivity contribution in [2.24, 2.45) is 5.92 Å². The summed E-state index contributed by atoms with van der Waals surface area (Å²) in [6.45, 7) is 13.4. The lowest BCUT2D eigenvalue weighted by Crippen LogP contribution is -2.31. The summed E-state index contributed by atoms with van der Waals surface area (Å²) in [5.74, 6) is 4.20. The van der Waals surface area contributed by atoms with Crippen LogP contribution in [0.3, 0.4) is 0 Å². The van der Waals surface area contributed by atoms with E-state index < -0.39 is 0 Å². The van der Waals surface area contributed by atoms with Crippen LogP contribution in [0.4, 0.5) is 11.8 Å². The molecule has 1 fully saturated rings. The molecule has 4 N–H and O–H groups in total. The number of anilines is 2. The number of hydrogen-bond acceptors (Lipinski definition) is 8. The lowest BCUT2D eigenvalue weighted by Gasteiger charge is -2.29. The molecule has 8 heteroatoms. The van der Waals surface area contributed by atoms with Crippen molar-refractivity contribution in [2.45, 2.75) is 72.9 Å². The van der Waals surface area contributed by atoms with Gasteiger partial charge >= 0.3 is 0 Å². The van der Waals surface area contributed by atoms with Crippen LogP contribution in [0.25, 0.3) is 0 Å². The SMILES string of the molecule is CCOc1cc(OCC)c(OCC)cc1CNCC1CCC(Nc2nc(C)c(C)c(N)n2)CC1. The van der Waals surface area contributed by atoms with Gasteiger partial charge in [0.25, 0.3) is 0 Å². The van der Waals surface area contributed by atoms with E-state index in [0.717, 1.165) is 72.8 Å². The number of nitrogens with one attached hydrogen (secondary N) is 2. The molecule has 188 valence electrons. The summed E-state index contributed by atoms with van der Waals surface area (Å²) in [7, 11) is 0. The second kappa shape index (κ2) is 12.6. The van der Waals surface area contributed by atoms with Crippen molar-refractivity contribution < 1.29 is 14.2 Å². The fourth-order valence-corrected chi connectivity index (χ4v) is 4.37. The summed E-state index contributed by atoms with van der Waals surface area (Å²) in [4.78, 5) is 8.95. The Kier molecular flexibility index (Phi) is 9.62. The molecule has 1 saturated carbocycles. The summed E-state index contributed by atoms with van der Waals surface area (Å²) in [6.07, 6.45) is 4.53. The zero-order valence-electron chi connectivity index (χ0n) is 21.4. The van der Waals surface area contributed by atoms with E-state index in [1.165, 1.54) is 0 Å². The van der Waals surface area contributed by atoms with E-state index in [1.807, 2.05) is 46.8 Å². The predicted molar refractivity (Wildman–Crippen MR) is 137 cm³/mol. The zero-order chi connectivity index (χ0) is 24.5. The van der Waals surface area contributed by atoms with Crippen molar-refractivity contribution >= 4 is 11.8 Å². The third-order valence-electron chi connectivity index (χ3n) is 6.38. The summed E-state index contributed by atoms with van der Waals surface area (Å²) in [5, 5.41) is 7.12. The third kappa shape index (κ3) is 6.88. The standard InChI is InChI=1S/C26H41N5O3/c1-6-32-22-14-24(34-8-3)23(33-7-2)13-20(22)16-28-15-19-9-11-21(12-10-19)30-26-29-18(5)17(4)25(27)31-26/h13-14,19,21,28H,6-12,15-16H2,1-5H3,(H3,27,29,30,31). The largest absolute Gasteiger partial charge is 0.493 e. The molecule has 8 nitrogen and oxygen atoms in total. The fraction of sp³-hybridized carbons (Fsp3) is 0.615. The molecule has 0 amide bonds. The Morgan fingerprint density at radius 1 is 0.882 bits per heavy atom. The first-order chi connectivity index (χ1) is 16.4. The molecular weight excluding hydrogens is 430 g/mol. The van der Waals surface area contributed by atoms with Gasteiger partial charge < -0.3 is 30.6 Å². The highest BCUT2D eigenvalue weighted by Crippen LogP contribution is 2.35. The number of ether oxygens (including phenoxy) is 3. The van der Waals surface area contributed by atoms with E-state index in [2.05, 4.69) is 20.6 Å². The number of nitrogens with two attached hydrogens (primary N) is 1. The number of nitrogens with zero attached hydrogens (tertiary/aromatic N) is 2. The number of aromatic nitrogens is 2. The van der Waals surface area contributed by atoms with Gasteiger partial charge in [-0.1, -0.05) is 0 Å². The van der Waals surface area contributed by atoms with E-state index in [1.54, 1.807) is 0 Å². The molecule has 34 heavy (non-hydrogen) atoms. The van der Waals surface area contributed by atoms with Crippen LogP contribution in [0, 0.1) is 19.8 Å². The van der Waals surface area contributed by atoms with Gasteiger partial charge in [0, 0.05) is 35.5 Å². The van der Waals surface area contributed by atoms with E-state index in [-0.39, 0.29) is 0 Å². The van der Waals surface area contributed by atoms with Crippen LogP contribution in [-0.2, 0) is 6.54 Å². The molecule has 1 heterocycles. The minimum absolute atomic E-state index is 0.391. The average molecular weight is 472 g/mol. The second-order valence-corrected chi connectivity index (χ2v) is 8.84. The lowest BCUT2D eigenvalue weighted by molar-refractivity contribution is 0.281. The van der Waals surface area contributed by atoms with Gasteiger partial charge in [-0.2, -0.15) is 4.98 Å². The van der Waals surface area contributed by atoms with Crippen LogP contribution in [-0.4, -0.2) is 42.4 Å². The second-order valence-electron chi connectivity index (χ2n) is 8.84.